The Bertz CT molecular complexity index is 604. The summed E-state index contributed by atoms with van der Waals surface area (Å²) in [5.41, 5.74) is -0.183. The summed E-state index contributed by atoms with van der Waals surface area (Å²) in [5.74, 6) is 1.43. The summed E-state index contributed by atoms with van der Waals surface area (Å²) >= 11 is 0. The number of carbonyl (C=O) groups excluding carboxylic acids is 2. The Morgan fingerprint density at radius 1 is 1.00 bits per heavy atom. The monoisotopic (exact) mass is 358 g/mol. The van der Waals surface area contributed by atoms with Crippen LogP contribution in [0.4, 0.5) is 0 Å². The van der Waals surface area contributed by atoms with Gasteiger partial charge in [-0.25, -0.2) is 9.97 Å². The van der Waals surface area contributed by atoms with Gasteiger partial charge in [-0.2, -0.15) is 0 Å². The maximum atomic E-state index is 12.2. The summed E-state index contributed by atoms with van der Waals surface area (Å²) in [6.07, 6.45) is 8.70. The Kier molecular flexibility index (Phi) is 6.01. The minimum absolute atomic E-state index is 0.00470. The van der Waals surface area contributed by atoms with Crippen LogP contribution in [0.3, 0.4) is 0 Å². The molecule has 3 rings (SSSR count). The SMILES string of the molecule is CC1(C)CC(=O)N(CCCCN2CCC(c3ncccn3)CC2)C(=O)C1. The van der Waals surface area contributed by atoms with Gasteiger partial charge >= 0.3 is 0 Å². The van der Waals surface area contributed by atoms with E-state index in [0.717, 1.165) is 51.1 Å². The largest absolute Gasteiger partial charge is 0.303 e. The number of piperidine rings is 2. The number of carbonyl (C=O) groups is 2. The fourth-order valence-electron chi connectivity index (χ4n) is 4.00. The summed E-state index contributed by atoms with van der Waals surface area (Å²) < 4.78 is 0. The van der Waals surface area contributed by atoms with Crippen LogP contribution in [0.15, 0.2) is 18.5 Å². The smallest absolute Gasteiger partial charge is 0.229 e. The van der Waals surface area contributed by atoms with Gasteiger partial charge in [0.25, 0.3) is 0 Å². The zero-order chi connectivity index (χ0) is 18.6. The Labute approximate surface area is 156 Å². The lowest BCUT2D eigenvalue weighted by Gasteiger charge is -2.35. The van der Waals surface area contributed by atoms with E-state index in [1.807, 2.05) is 32.3 Å². The van der Waals surface area contributed by atoms with Crippen molar-refractivity contribution in [3.8, 4) is 0 Å². The Morgan fingerprint density at radius 2 is 1.58 bits per heavy atom. The van der Waals surface area contributed by atoms with Crippen LogP contribution in [-0.2, 0) is 9.59 Å². The number of amides is 2. The van der Waals surface area contributed by atoms with Gasteiger partial charge in [0, 0.05) is 37.7 Å². The molecule has 2 saturated heterocycles. The molecular formula is C20H30N4O2. The lowest BCUT2D eigenvalue weighted by molar-refractivity contribution is -0.152. The van der Waals surface area contributed by atoms with E-state index >= 15 is 0 Å². The number of hydrogen-bond donors (Lipinski definition) is 0. The van der Waals surface area contributed by atoms with Gasteiger partial charge < -0.3 is 4.90 Å². The minimum Gasteiger partial charge on any atom is -0.303 e. The van der Waals surface area contributed by atoms with E-state index in [4.69, 9.17) is 0 Å². The van der Waals surface area contributed by atoms with Gasteiger partial charge in [0.2, 0.25) is 11.8 Å². The first-order valence-corrected chi connectivity index (χ1v) is 9.77. The Balaban J connectivity index is 1.35. The topological polar surface area (TPSA) is 66.4 Å². The third-order valence-corrected chi connectivity index (χ3v) is 5.51. The molecule has 2 aliphatic rings. The molecule has 0 radical (unpaired) electrons. The third-order valence-electron chi connectivity index (χ3n) is 5.51. The molecule has 0 N–H and O–H groups in total. The van der Waals surface area contributed by atoms with Gasteiger partial charge in [-0.05, 0) is 56.8 Å². The van der Waals surface area contributed by atoms with E-state index in [0.29, 0.717) is 25.3 Å². The lowest BCUT2D eigenvalue weighted by Crippen LogP contribution is -2.46. The van der Waals surface area contributed by atoms with Crippen molar-refractivity contribution in [2.24, 2.45) is 5.41 Å². The molecular weight excluding hydrogens is 328 g/mol. The molecule has 6 nitrogen and oxygen atoms in total. The highest BCUT2D eigenvalue weighted by Crippen LogP contribution is 2.31. The third kappa shape index (κ3) is 4.87. The van der Waals surface area contributed by atoms with Crippen LogP contribution in [0, 0.1) is 5.41 Å². The molecule has 0 aliphatic carbocycles. The molecule has 142 valence electrons. The van der Waals surface area contributed by atoms with Gasteiger partial charge in [0.05, 0.1) is 0 Å². The fraction of sp³-hybridized carbons (Fsp3) is 0.700. The van der Waals surface area contributed by atoms with Gasteiger partial charge in [-0.1, -0.05) is 13.8 Å². The van der Waals surface area contributed by atoms with Gasteiger partial charge in [0.1, 0.15) is 5.82 Å². The van der Waals surface area contributed by atoms with Gasteiger partial charge in [-0.15, -0.1) is 0 Å². The average molecular weight is 358 g/mol. The predicted octanol–water partition coefficient (Wildman–Crippen LogP) is 2.61. The molecule has 0 spiro atoms. The van der Waals surface area contributed by atoms with Crippen molar-refractivity contribution in [1.29, 1.82) is 0 Å². The van der Waals surface area contributed by atoms with Crippen molar-refractivity contribution in [2.75, 3.05) is 26.2 Å². The molecule has 0 unspecified atom stereocenters. The summed E-state index contributed by atoms with van der Waals surface area (Å²) in [7, 11) is 0. The van der Waals surface area contributed by atoms with Crippen LogP contribution in [0.2, 0.25) is 0 Å². The Morgan fingerprint density at radius 3 is 2.19 bits per heavy atom. The molecule has 1 aromatic rings. The molecule has 2 amide bonds. The first kappa shape index (κ1) is 19.0. The van der Waals surface area contributed by atoms with Crippen molar-refractivity contribution in [2.45, 2.75) is 58.3 Å². The highest BCUT2D eigenvalue weighted by Gasteiger charge is 2.36. The number of likely N-dealkylation sites (tertiary alicyclic amines) is 2. The standard InChI is InChI=1S/C20H30N4O2/c1-20(2)14-17(25)24(18(26)15-20)11-4-3-10-23-12-6-16(7-13-23)19-21-8-5-9-22-19/h5,8-9,16H,3-4,6-7,10-15H2,1-2H3. The van der Waals surface area contributed by atoms with Crippen molar-refractivity contribution >= 4 is 11.8 Å². The second kappa shape index (κ2) is 8.25. The van der Waals surface area contributed by atoms with E-state index < -0.39 is 0 Å². The molecule has 2 fully saturated rings. The number of unbranched alkanes of at least 4 members (excludes halogenated alkanes) is 1. The zero-order valence-electron chi connectivity index (χ0n) is 16.0. The highest BCUT2D eigenvalue weighted by atomic mass is 16.2. The summed E-state index contributed by atoms with van der Waals surface area (Å²) in [5, 5.41) is 0. The van der Waals surface area contributed by atoms with Crippen molar-refractivity contribution < 1.29 is 9.59 Å². The molecule has 0 aromatic carbocycles. The molecule has 2 aliphatic heterocycles. The average Bonchev–Trinajstić information content (AvgIpc) is 2.61. The summed E-state index contributed by atoms with van der Waals surface area (Å²) in [4.78, 5) is 37.1. The molecule has 0 saturated carbocycles. The van der Waals surface area contributed by atoms with E-state index in [-0.39, 0.29) is 17.2 Å². The summed E-state index contributed by atoms with van der Waals surface area (Å²) in [6.45, 7) is 7.72. The van der Waals surface area contributed by atoms with Crippen molar-refractivity contribution in [1.82, 2.24) is 19.8 Å². The second-order valence-electron chi connectivity index (χ2n) is 8.39. The van der Waals surface area contributed by atoms with Crippen molar-refractivity contribution in [3.05, 3.63) is 24.3 Å². The normalized spacial score (nSPS) is 22.0. The van der Waals surface area contributed by atoms with E-state index in [1.54, 1.807) is 0 Å². The Hall–Kier alpha value is -1.82. The number of hydrogen-bond acceptors (Lipinski definition) is 5. The fourth-order valence-corrected chi connectivity index (χ4v) is 4.00. The highest BCUT2D eigenvalue weighted by molar-refractivity contribution is 5.98. The molecule has 3 heterocycles. The van der Waals surface area contributed by atoms with Crippen molar-refractivity contribution in [3.63, 3.8) is 0 Å². The van der Waals surface area contributed by atoms with E-state index in [1.165, 1.54) is 4.90 Å². The predicted molar refractivity (Wildman–Crippen MR) is 99.4 cm³/mol. The van der Waals surface area contributed by atoms with Crippen LogP contribution in [0.5, 0.6) is 0 Å². The molecule has 1 aromatic heterocycles. The first-order chi connectivity index (χ1) is 12.4. The summed E-state index contributed by atoms with van der Waals surface area (Å²) in [6, 6.07) is 1.86. The minimum atomic E-state index is -0.183. The number of rotatable bonds is 6. The number of nitrogens with zero attached hydrogens (tertiary/aromatic N) is 4. The van der Waals surface area contributed by atoms with Crippen LogP contribution < -0.4 is 0 Å². The number of aromatic nitrogens is 2. The molecule has 0 atom stereocenters. The van der Waals surface area contributed by atoms with Crippen LogP contribution in [-0.4, -0.2) is 57.8 Å². The molecule has 6 heteroatoms. The van der Waals surface area contributed by atoms with Crippen LogP contribution in [0.1, 0.15) is 64.1 Å². The van der Waals surface area contributed by atoms with E-state index in [9.17, 15) is 9.59 Å². The lowest BCUT2D eigenvalue weighted by atomic mass is 9.82. The first-order valence-electron chi connectivity index (χ1n) is 9.77. The van der Waals surface area contributed by atoms with E-state index in [2.05, 4.69) is 14.9 Å². The van der Waals surface area contributed by atoms with Gasteiger partial charge in [-0.3, -0.25) is 14.5 Å². The molecule has 0 bridgehead atoms. The maximum absolute atomic E-state index is 12.2. The zero-order valence-corrected chi connectivity index (χ0v) is 16.0. The quantitative estimate of drug-likeness (QED) is 0.578. The second-order valence-corrected chi connectivity index (χ2v) is 8.39. The van der Waals surface area contributed by atoms with Crippen LogP contribution >= 0.6 is 0 Å². The maximum Gasteiger partial charge on any atom is 0.229 e. The molecule has 26 heavy (non-hydrogen) atoms. The number of imide groups is 1. The van der Waals surface area contributed by atoms with Crippen LogP contribution in [0.25, 0.3) is 0 Å². The van der Waals surface area contributed by atoms with Gasteiger partial charge in [0.15, 0.2) is 0 Å².